The molecule has 0 bridgehead atoms. The lowest BCUT2D eigenvalue weighted by atomic mass is 10.1. The standard InChI is InChI=1S/C17H17N5O2S/c1-21-9-11(7-18-21)16-14-8-19-22(17(14)20-15(23)10-25-16)12-3-5-13(24-2)6-4-12/h3-9,16H,10H2,1-2H3,(H,20,23)/t16-/m0/s1. The van der Waals surface area contributed by atoms with Crippen LogP contribution in [-0.2, 0) is 11.8 Å². The highest BCUT2D eigenvalue weighted by Gasteiger charge is 2.28. The summed E-state index contributed by atoms with van der Waals surface area (Å²) in [5.74, 6) is 1.83. The van der Waals surface area contributed by atoms with Gasteiger partial charge >= 0.3 is 0 Å². The fourth-order valence-corrected chi connectivity index (χ4v) is 3.92. The average Bonchev–Trinajstić information content (AvgIpc) is 3.19. The van der Waals surface area contributed by atoms with Gasteiger partial charge in [-0.25, -0.2) is 4.68 Å². The smallest absolute Gasteiger partial charge is 0.235 e. The Labute approximate surface area is 149 Å². The molecule has 8 heteroatoms. The van der Waals surface area contributed by atoms with Crippen molar-refractivity contribution in [2.24, 2.45) is 7.05 Å². The van der Waals surface area contributed by atoms with Gasteiger partial charge in [0.1, 0.15) is 11.6 Å². The third-order valence-corrected chi connectivity index (χ3v) is 5.35. The van der Waals surface area contributed by atoms with E-state index in [2.05, 4.69) is 15.5 Å². The number of methoxy groups -OCH3 is 1. The minimum atomic E-state index is -0.0344. The second-order valence-electron chi connectivity index (χ2n) is 5.74. The third-order valence-electron chi connectivity index (χ3n) is 4.06. The van der Waals surface area contributed by atoms with E-state index >= 15 is 0 Å². The third kappa shape index (κ3) is 2.89. The molecule has 0 fully saturated rings. The van der Waals surface area contributed by atoms with Crippen molar-refractivity contribution >= 4 is 23.5 Å². The van der Waals surface area contributed by atoms with Gasteiger partial charge in [-0.15, -0.1) is 11.8 Å². The SMILES string of the molecule is COc1ccc(-n2ncc3c2NC(=O)CS[C@H]3c2cnn(C)c2)cc1. The van der Waals surface area contributed by atoms with E-state index in [1.165, 1.54) is 0 Å². The molecule has 1 aliphatic rings. The number of nitrogens with zero attached hydrogens (tertiary/aromatic N) is 4. The lowest BCUT2D eigenvalue weighted by Gasteiger charge is -2.12. The maximum atomic E-state index is 12.2. The lowest BCUT2D eigenvalue weighted by molar-refractivity contribution is -0.113. The molecule has 3 aromatic rings. The number of rotatable bonds is 3. The van der Waals surface area contributed by atoms with Crippen LogP contribution in [0, 0.1) is 0 Å². The minimum absolute atomic E-state index is 0.00893. The zero-order chi connectivity index (χ0) is 17.4. The first-order valence-corrected chi connectivity index (χ1v) is 8.83. The van der Waals surface area contributed by atoms with Gasteiger partial charge < -0.3 is 10.1 Å². The molecular weight excluding hydrogens is 338 g/mol. The van der Waals surface area contributed by atoms with Gasteiger partial charge in [-0.1, -0.05) is 0 Å². The number of carbonyl (C=O) groups excluding carboxylic acids is 1. The molecule has 1 N–H and O–H groups in total. The highest BCUT2D eigenvalue weighted by molar-refractivity contribution is 8.00. The van der Waals surface area contributed by atoms with Gasteiger partial charge in [0, 0.05) is 24.4 Å². The number of amides is 1. The van der Waals surface area contributed by atoms with Crippen molar-refractivity contribution in [3.05, 3.63) is 54.0 Å². The fourth-order valence-electron chi connectivity index (χ4n) is 2.87. The first kappa shape index (κ1) is 15.8. The van der Waals surface area contributed by atoms with E-state index in [0.717, 1.165) is 22.6 Å². The highest BCUT2D eigenvalue weighted by Crippen LogP contribution is 2.41. The Hall–Kier alpha value is -2.74. The Morgan fingerprint density at radius 1 is 1.24 bits per heavy atom. The Bertz CT molecular complexity index is 916. The average molecular weight is 355 g/mol. The van der Waals surface area contributed by atoms with Crippen molar-refractivity contribution in [2.75, 3.05) is 18.2 Å². The van der Waals surface area contributed by atoms with E-state index < -0.39 is 0 Å². The van der Waals surface area contributed by atoms with Crippen LogP contribution in [0.5, 0.6) is 5.75 Å². The highest BCUT2D eigenvalue weighted by atomic mass is 32.2. The molecule has 0 saturated carbocycles. The molecule has 0 unspecified atom stereocenters. The van der Waals surface area contributed by atoms with E-state index in [-0.39, 0.29) is 11.2 Å². The summed E-state index contributed by atoms with van der Waals surface area (Å²) in [4.78, 5) is 12.2. The Balaban J connectivity index is 1.79. The molecule has 1 atom stereocenters. The second-order valence-corrected chi connectivity index (χ2v) is 6.84. The van der Waals surface area contributed by atoms with E-state index in [1.54, 1.807) is 28.2 Å². The summed E-state index contributed by atoms with van der Waals surface area (Å²) in [6.45, 7) is 0. The Morgan fingerprint density at radius 3 is 2.72 bits per heavy atom. The predicted octanol–water partition coefficient (Wildman–Crippen LogP) is 2.39. The number of fused-ring (bicyclic) bond motifs is 1. The Kier molecular flexibility index (Phi) is 3.96. The molecule has 25 heavy (non-hydrogen) atoms. The van der Waals surface area contributed by atoms with Gasteiger partial charge in [-0.3, -0.25) is 9.48 Å². The van der Waals surface area contributed by atoms with E-state index in [9.17, 15) is 4.79 Å². The maximum Gasteiger partial charge on any atom is 0.235 e. The molecule has 0 aliphatic carbocycles. The molecule has 0 radical (unpaired) electrons. The number of anilines is 1. The summed E-state index contributed by atoms with van der Waals surface area (Å²) in [5.41, 5.74) is 2.89. The van der Waals surface area contributed by atoms with Crippen LogP contribution < -0.4 is 10.1 Å². The summed E-state index contributed by atoms with van der Waals surface area (Å²) in [5, 5.41) is 11.8. The van der Waals surface area contributed by atoms with Gasteiger partial charge in [0.15, 0.2) is 0 Å². The molecular formula is C17H17N5O2S. The molecule has 1 amide bonds. The zero-order valence-corrected chi connectivity index (χ0v) is 14.7. The van der Waals surface area contributed by atoms with E-state index in [0.29, 0.717) is 11.6 Å². The molecule has 0 spiro atoms. The van der Waals surface area contributed by atoms with Crippen molar-refractivity contribution < 1.29 is 9.53 Å². The minimum Gasteiger partial charge on any atom is -0.497 e. The van der Waals surface area contributed by atoms with Gasteiger partial charge in [0.05, 0.1) is 36.2 Å². The van der Waals surface area contributed by atoms with Crippen molar-refractivity contribution in [2.45, 2.75) is 5.25 Å². The number of hydrogen-bond acceptors (Lipinski definition) is 5. The van der Waals surface area contributed by atoms with Crippen LogP contribution >= 0.6 is 11.8 Å². The first-order valence-electron chi connectivity index (χ1n) is 7.78. The molecule has 4 rings (SSSR count). The summed E-state index contributed by atoms with van der Waals surface area (Å²) in [7, 11) is 3.51. The largest absolute Gasteiger partial charge is 0.497 e. The number of aryl methyl sites for hydroxylation is 1. The number of carbonyl (C=O) groups is 1. The molecule has 128 valence electrons. The van der Waals surface area contributed by atoms with Crippen LogP contribution in [0.3, 0.4) is 0 Å². The van der Waals surface area contributed by atoms with Crippen molar-refractivity contribution in [1.29, 1.82) is 0 Å². The van der Waals surface area contributed by atoms with Crippen LogP contribution in [0.4, 0.5) is 5.82 Å². The van der Waals surface area contributed by atoms with Crippen molar-refractivity contribution in [1.82, 2.24) is 19.6 Å². The summed E-state index contributed by atoms with van der Waals surface area (Å²) >= 11 is 1.58. The van der Waals surface area contributed by atoms with Crippen LogP contribution in [-0.4, -0.2) is 38.3 Å². The fraction of sp³-hybridized carbons (Fsp3) is 0.235. The monoisotopic (exact) mass is 355 g/mol. The van der Waals surface area contributed by atoms with Crippen molar-refractivity contribution in [3.63, 3.8) is 0 Å². The number of ether oxygens (including phenoxy) is 1. The molecule has 2 aromatic heterocycles. The number of aromatic nitrogens is 4. The van der Waals surface area contributed by atoms with E-state index in [1.807, 2.05) is 49.9 Å². The predicted molar refractivity (Wildman–Crippen MR) is 96.3 cm³/mol. The number of benzene rings is 1. The molecule has 0 saturated heterocycles. The van der Waals surface area contributed by atoms with Crippen molar-refractivity contribution in [3.8, 4) is 11.4 Å². The topological polar surface area (TPSA) is 74.0 Å². The summed E-state index contributed by atoms with van der Waals surface area (Å²) < 4.78 is 8.72. The number of hydrogen-bond donors (Lipinski definition) is 1. The number of nitrogens with one attached hydrogen (secondary N) is 1. The normalized spacial score (nSPS) is 16.9. The summed E-state index contributed by atoms with van der Waals surface area (Å²) in [6, 6.07) is 7.56. The maximum absolute atomic E-state index is 12.2. The van der Waals surface area contributed by atoms with Crippen LogP contribution in [0.2, 0.25) is 0 Å². The Morgan fingerprint density at radius 2 is 2.04 bits per heavy atom. The summed E-state index contributed by atoms with van der Waals surface area (Å²) in [6.07, 6.45) is 5.62. The first-order chi connectivity index (χ1) is 12.2. The van der Waals surface area contributed by atoms with Crippen LogP contribution in [0.25, 0.3) is 5.69 Å². The molecule has 1 aromatic carbocycles. The molecule has 7 nitrogen and oxygen atoms in total. The van der Waals surface area contributed by atoms with Gasteiger partial charge in [-0.05, 0) is 24.3 Å². The van der Waals surface area contributed by atoms with Gasteiger partial charge in [0.2, 0.25) is 5.91 Å². The molecule has 1 aliphatic heterocycles. The lowest BCUT2D eigenvalue weighted by Crippen LogP contribution is -2.15. The van der Waals surface area contributed by atoms with Gasteiger partial charge in [0.25, 0.3) is 0 Å². The van der Waals surface area contributed by atoms with E-state index in [4.69, 9.17) is 4.74 Å². The van der Waals surface area contributed by atoms with Gasteiger partial charge in [-0.2, -0.15) is 10.2 Å². The zero-order valence-electron chi connectivity index (χ0n) is 13.8. The number of thioether (sulfide) groups is 1. The van der Waals surface area contributed by atoms with Crippen LogP contribution in [0.15, 0.2) is 42.9 Å². The second kappa shape index (κ2) is 6.29. The molecule has 3 heterocycles. The quantitative estimate of drug-likeness (QED) is 0.781. The van der Waals surface area contributed by atoms with Crippen LogP contribution in [0.1, 0.15) is 16.4 Å².